The third-order valence-corrected chi connectivity index (χ3v) is 20.4. The molecule has 0 amide bonds. The molecular weight excluding hydrogens is 1820 g/mol. The van der Waals surface area contributed by atoms with Crippen molar-refractivity contribution in [1.82, 2.24) is 0 Å². The van der Waals surface area contributed by atoms with Crippen molar-refractivity contribution in [2.45, 2.75) is 61.4 Å². The van der Waals surface area contributed by atoms with Gasteiger partial charge >= 0.3 is 59.7 Å². The molecule has 0 aromatic heterocycles. The molecule has 52 nitrogen and oxygen atoms in total. The van der Waals surface area contributed by atoms with Gasteiger partial charge in [-0.15, -0.1) is 0 Å². The second kappa shape index (κ2) is 34.2. The van der Waals surface area contributed by atoms with E-state index in [0.717, 1.165) is 0 Å². The molecule has 14 rings (SSSR count). The summed E-state index contributed by atoms with van der Waals surface area (Å²) >= 11 is 0. The molecule has 698 valence electrons. The highest BCUT2D eigenvalue weighted by Crippen LogP contribution is 2.58. The monoisotopic (exact) mass is 1870 g/mol. The topological polar surface area (TPSA) is 877 Å². The Hall–Kier alpha value is -19.2. The van der Waals surface area contributed by atoms with Crippen molar-refractivity contribution in [3.63, 3.8) is 0 Å². The lowest BCUT2D eigenvalue weighted by Crippen LogP contribution is -2.63. The lowest BCUT2D eigenvalue weighted by atomic mass is 9.92. The minimum Gasteiger partial charge on any atom is -0.504 e. The average molecular weight is 1880 g/mol. The lowest BCUT2D eigenvalue weighted by molar-refractivity contribution is -0.282. The molecule has 0 bridgehead atoms. The Balaban J connectivity index is 0.868. The number of rotatable bonds is 14. The lowest BCUT2D eigenvalue weighted by Gasteiger charge is -2.43. The standard InChI is InChI=1S/C82H58O52/c83-28-1-18(2-29(84)49(28)98)71(112)129-67-65-43(16-122-76(117)23-11-36(91)53(102)58(107)45(23)47-25(78(119)127-65)13-38(93)55(104)60(47)109)124-81(69(67)131-73(114)20-5-32(87)51(100)33(88)6-20)134-75(116)22-9-41(96)64(42(97)10-22)126-63-27(15-40(95)57(106)62(63)111)80(121)132-70-68(130-72(113)19-3-30(85)50(99)31(86)4-19)66-44(125-82(70)133-74(115)21-7-34(89)52(101)35(90)8-21)17-123-77(118)24-12-37(92)54(103)59(108)46(24)48-26(79(120)128-66)14-39(94)56(105)61(48)110/h1-15,43-44,65-70,81-111H,16-17H2/t43-,44-,65+,66-,67+,68-,69-,70+,81-,82+/m1/s1. The Labute approximate surface area is 736 Å². The summed E-state index contributed by atoms with van der Waals surface area (Å²) in [6.45, 7) is -3.06. The van der Waals surface area contributed by atoms with Crippen molar-refractivity contribution >= 4 is 59.7 Å². The molecule has 10 aromatic carbocycles. The summed E-state index contributed by atoms with van der Waals surface area (Å²) in [5, 5.41) is 315. The summed E-state index contributed by atoms with van der Waals surface area (Å²) < 4.78 is 74.0. The molecule has 10 atom stereocenters. The van der Waals surface area contributed by atoms with E-state index in [0.29, 0.717) is 60.7 Å². The van der Waals surface area contributed by atoms with Crippen LogP contribution in [0, 0.1) is 0 Å². The Bertz CT molecular complexity index is 6630. The number of carbonyl (C=O) groups excluding carboxylic acids is 10. The number of hydrogen-bond donors (Lipinski definition) is 29. The van der Waals surface area contributed by atoms with Gasteiger partial charge in [-0.2, -0.15) is 0 Å². The predicted octanol–water partition coefficient (Wildman–Crippen LogP) is 3.73. The Kier molecular flexibility index (Phi) is 23.2. The molecule has 0 aliphatic carbocycles. The van der Waals surface area contributed by atoms with Crippen LogP contribution in [0.4, 0.5) is 0 Å². The molecule has 0 unspecified atom stereocenters. The molecule has 10 aromatic rings. The van der Waals surface area contributed by atoms with Gasteiger partial charge in [0.2, 0.25) is 65.0 Å². The first-order chi connectivity index (χ1) is 63.0. The summed E-state index contributed by atoms with van der Waals surface area (Å²) in [7, 11) is 0. The van der Waals surface area contributed by atoms with Crippen LogP contribution in [0.1, 0.15) is 104 Å². The zero-order chi connectivity index (χ0) is 97.7. The van der Waals surface area contributed by atoms with Crippen LogP contribution in [-0.4, -0.2) is 282 Å². The van der Waals surface area contributed by atoms with E-state index in [2.05, 4.69) is 0 Å². The maximum absolute atomic E-state index is 15.4. The van der Waals surface area contributed by atoms with E-state index in [1.807, 2.05) is 0 Å². The molecule has 52 heteroatoms. The van der Waals surface area contributed by atoms with Crippen LogP contribution in [0.2, 0.25) is 0 Å². The average Bonchev–Trinajstić information content (AvgIpc) is 1.31. The first-order valence-corrected chi connectivity index (χ1v) is 37.0. The van der Waals surface area contributed by atoms with Gasteiger partial charge < -0.3 is 210 Å². The molecule has 134 heavy (non-hydrogen) atoms. The summed E-state index contributed by atoms with van der Waals surface area (Å²) in [5.41, 5.74) is -16.9. The van der Waals surface area contributed by atoms with Crippen molar-refractivity contribution in [2.24, 2.45) is 0 Å². The van der Waals surface area contributed by atoms with Crippen molar-refractivity contribution in [2.75, 3.05) is 13.2 Å². The molecule has 4 aliphatic rings. The van der Waals surface area contributed by atoms with E-state index in [4.69, 9.17) is 61.6 Å². The molecule has 4 aliphatic heterocycles. The summed E-state index contributed by atoms with van der Waals surface area (Å²) in [5.74, 6) is -64.9. The maximum atomic E-state index is 15.4. The molecule has 2 saturated heterocycles. The van der Waals surface area contributed by atoms with Crippen LogP contribution in [0.25, 0.3) is 22.3 Å². The van der Waals surface area contributed by atoms with Crippen molar-refractivity contribution < 1.29 is 258 Å². The van der Waals surface area contributed by atoms with E-state index in [-0.39, 0.29) is 30.3 Å². The molecule has 0 spiro atoms. The maximum Gasteiger partial charge on any atom is 0.342 e. The highest BCUT2D eigenvalue weighted by Gasteiger charge is 2.58. The number of phenols is 29. The number of phenolic OH excluding ortho intramolecular Hbond substituents is 29. The van der Waals surface area contributed by atoms with Crippen molar-refractivity contribution in [3.05, 3.63) is 147 Å². The third kappa shape index (κ3) is 16.2. The van der Waals surface area contributed by atoms with E-state index in [1.54, 1.807) is 0 Å². The van der Waals surface area contributed by atoms with Gasteiger partial charge in [-0.3, -0.25) is 0 Å². The molecular formula is C82H58O52. The Morgan fingerprint density at radius 3 is 0.761 bits per heavy atom. The summed E-state index contributed by atoms with van der Waals surface area (Å²) in [6, 6.07) is 4.88. The number of esters is 10. The molecule has 0 radical (unpaired) electrons. The fraction of sp³-hybridized carbons (Fsp3) is 0.146. The van der Waals surface area contributed by atoms with Gasteiger partial charge in [-0.1, -0.05) is 0 Å². The molecule has 0 saturated carbocycles. The highest BCUT2D eigenvalue weighted by molar-refractivity contribution is 6.11. The fourth-order valence-electron chi connectivity index (χ4n) is 13.9. The van der Waals surface area contributed by atoms with Crippen LogP contribution in [0.3, 0.4) is 0 Å². The number of fused-ring (bicyclic) bond motifs is 8. The first-order valence-electron chi connectivity index (χ1n) is 37.0. The van der Waals surface area contributed by atoms with E-state index < -0.39 is 390 Å². The van der Waals surface area contributed by atoms with E-state index >= 15 is 9.59 Å². The molecule has 4 heterocycles. The fourth-order valence-corrected chi connectivity index (χ4v) is 13.9. The normalized spacial score (nSPS) is 19.1. The van der Waals surface area contributed by atoms with Gasteiger partial charge in [-0.25, -0.2) is 47.9 Å². The zero-order valence-electron chi connectivity index (χ0n) is 65.7. The highest BCUT2D eigenvalue weighted by atomic mass is 16.8. The number of benzene rings is 10. The summed E-state index contributed by atoms with van der Waals surface area (Å²) in [4.78, 5) is 147. The number of carbonyl (C=O) groups is 10. The smallest absolute Gasteiger partial charge is 0.342 e. The van der Waals surface area contributed by atoms with Crippen LogP contribution < -0.4 is 4.74 Å². The second-order valence-electron chi connectivity index (χ2n) is 28.7. The summed E-state index contributed by atoms with van der Waals surface area (Å²) in [6.07, 6.45) is -28.3. The van der Waals surface area contributed by atoms with Crippen molar-refractivity contribution in [1.29, 1.82) is 0 Å². The molecule has 2 fully saturated rings. The van der Waals surface area contributed by atoms with Gasteiger partial charge in [-0.05, 0) is 84.9 Å². The van der Waals surface area contributed by atoms with Crippen LogP contribution in [-0.2, 0) is 56.8 Å². The quantitative estimate of drug-likeness (QED) is 0.0419. The number of hydrogen-bond acceptors (Lipinski definition) is 52. The van der Waals surface area contributed by atoms with Gasteiger partial charge in [0.05, 0.1) is 50.1 Å². The Morgan fingerprint density at radius 2 is 0.470 bits per heavy atom. The van der Waals surface area contributed by atoms with Crippen LogP contribution >= 0.6 is 0 Å². The number of ether oxygens (including phenoxy) is 13. The number of aromatic hydroxyl groups is 29. The van der Waals surface area contributed by atoms with Gasteiger partial charge in [0.25, 0.3) is 0 Å². The number of cyclic esters (lactones) is 2. The third-order valence-electron chi connectivity index (χ3n) is 20.4. The van der Waals surface area contributed by atoms with Crippen LogP contribution in [0.15, 0.2) is 91.0 Å². The van der Waals surface area contributed by atoms with E-state index in [1.165, 1.54) is 0 Å². The largest absolute Gasteiger partial charge is 0.504 e. The molecule has 29 N–H and O–H groups in total. The minimum absolute atomic E-state index is 0.100. The Morgan fingerprint density at radius 1 is 0.239 bits per heavy atom. The van der Waals surface area contributed by atoms with Gasteiger partial charge in [0, 0.05) is 28.3 Å². The van der Waals surface area contributed by atoms with Crippen LogP contribution in [0.5, 0.6) is 178 Å². The SMILES string of the molecule is O=C(O[C@@H]1O[C@@H]2COC(=O)c3cc(O)c(O)c(O)c3-c3c(cc(O)c(O)c3O)C(=O)O[C@H]2[C@@H](OC(=O)c2cc(O)c(O)c(O)c2)[C@@H]1OC(=O)c1cc(O)c(O)c(O)c1Oc1c(O)cc(C(=O)O[C@H]2O[C@@H]3COC(=O)c4cc(O)c(O)c(O)c4-c4c(cc(O)c(O)c4O)C(=O)O[C@@H]3[C@H](OC(=O)c3cc(O)c(O)c(O)c3)[C@H]2OC(=O)c2cc(O)c(O)c(O)c2)cc1O)c1cc(O)c(O)c(O)c1. The van der Waals surface area contributed by atoms with E-state index in [9.17, 15) is 186 Å². The predicted molar refractivity (Wildman–Crippen MR) is 415 cm³/mol. The van der Waals surface area contributed by atoms with Gasteiger partial charge in [0.1, 0.15) is 31.0 Å². The zero-order valence-corrected chi connectivity index (χ0v) is 65.7. The first kappa shape index (κ1) is 91.0. The van der Waals surface area contributed by atoms with Crippen molar-refractivity contribution in [3.8, 4) is 200 Å². The van der Waals surface area contributed by atoms with Gasteiger partial charge in [0.15, 0.2) is 162 Å². The minimum atomic E-state index is -3.07. The second-order valence-corrected chi connectivity index (χ2v) is 28.7.